The minimum absolute atomic E-state index is 0.00685. The first-order valence-corrected chi connectivity index (χ1v) is 9.94. The first-order chi connectivity index (χ1) is 15.4. The molecule has 0 bridgehead atoms. The van der Waals surface area contributed by atoms with Gasteiger partial charge in [0.15, 0.2) is 11.5 Å². The number of carboxylic acid groups (broad SMARTS) is 1. The number of ether oxygens (including phenoxy) is 1. The zero-order valence-corrected chi connectivity index (χ0v) is 16.7. The van der Waals surface area contributed by atoms with E-state index in [1.165, 1.54) is 28.0 Å². The second-order valence-electron chi connectivity index (χ2n) is 7.49. The van der Waals surface area contributed by atoms with E-state index in [1.54, 1.807) is 0 Å². The molecule has 0 aliphatic carbocycles. The van der Waals surface area contributed by atoms with E-state index in [4.69, 9.17) is 9.84 Å². The number of benzene rings is 2. The fourth-order valence-electron chi connectivity index (χ4n) is 3.93. The van der Waals surface area contributed by atoms with Crippen molar-refractivity contribution in [1.82, 2.24) is 20.0 Å². The first kappa shape index (κ1) is 19.6. The van der Waals surface area contributed by atoms with Crippen molar-refractivity contribution in [1.29, 1.82) is 0 Å². The highest BCUT2D eigenvalue weighted by Crippen LogP contribution is 2.40. The second kappa shape index (κ2) is 7.41. The molecule has 3 aromatic rings. The van der Waals surface area contributed by atoms with Crippen molar-refractivity contribution in [2.45, 2.75) is 0 Å². The van der Waals surface area contributed by atoms with Gasteiger partial charge in [-0.2, -0.15) is 5.10 Å². The van der Waals surface area contributed by atoms with E-state index >= 15 is 0 Å². The zero-order valence-electron chi connectivity index (χ0n) is 16.7. The number of nitrogens with zero attached hydrogens (tertiary/aromatic N) is 3. The average Bonchev–Trinajstić information content (AvgIpc) is 3.34. The normalized spacial score (nSPS) is 17.0. The summed E-state index contributed by atoms with van der Waals surface area (Å²) in [5, 5.41) is 27.4. The van der Waals surface area contributed by atoms with Crippen LogP contribution in [0.3, 0.4) is 0 Å². The molecule has 10 heteroatoms. The highest BCUT2D eigenvalue weighted by molar-refractivity contribution is 6.17. The zero-order chi connectivity index (χ0) is 22.4. The molecular formula is C22H18N4O6. The molecule has 3 heterocycles. The Morgan fingerprint density at radius 2 is 1.78 bits per heavy atom. The maximum Gasteiger partial charge on any atom is 0.407 e. The van der Waals surface area contributed by atoms with Crippen LogP contribution >= 0.6 is 0 Å². The monoisotopic (exact) mass is 434 g/mol. The SMILES string of the molecule is O=C1C(=Cc2n[nH]c3ccccc23)Oc2c1ccc(O)c2C(=O)N1CCN(C(=O)O)CC1. The number of carbonyl (C=O) groups is 3. The van der Waals surface area contributed by atoms with E-state index in [2.05, 4.69) is 10.2 Å². The van der Waals surface area contributed by atoms with Gasteiger partial charge in [0.25, 0.3) is 5.91 Å². The number of aromatic hydroxyl groups is 1. The third kappa shape index (κ3) is 3.13. The Labute approximate surface area is 181 Å². The summed E-state index contributed by atoms with van der Waals surface area (Å²) in [4.78, 5) is 39.8. The van der Waals surface area contributed by atoms with Gasteiger partial charge >= 0.3 is 6.09 Å². The molecule has 2 aliphatic rings. The quantitative estimate of drug-likeness (QED) is 0.527. The Kier molecular flexibility index (Phi) is 4.54. The van der Waals surface area contributed by atoms with Gasteiger partial charge in [0.05, 0.1) is 16.8 Å². The van der Waals surface area contributed by atoms with E-state index < -0.39 is 17.8 Å². The number of Topliss-reactive ketones (excluding diaryl/α,β-unsaturated/α-hetero) is 1. The van der Waals surface area contributed by atoms with Gasteiger partial charge in [-0.3, -0.25) is 14.7 Å². The molecule has 0 unspecified atom stereocenters. The number of H-pyrrole nitrogens is 1. The number of fused-ring (bicyclic) bond motifs is 2. The molecule has 1 fully saturated rings. The van der Waals surface area contributed by atoms with Gasteiger partial charge < -0.3 is 24.7 Å². The third-order valence-electron chi connectivity index (χ3n) is 5.64. The lowest BCUT2D eigenvalue weighted by molar-refractivity contribution is 0.0619. The number of hydrogen-bond donors (Lipinski definition) is 3. The number of phenolic OH excluding ortho intramolecular Hbond substituents is 1. The smallest absolute Gasteiger partial charge is 0.407 e. The molecule has 2 amide bonds. The molecule has 2 aliphatic heterocycles. The van der Waals surface area contributed by atoms with E-state index in [-0.39, 0.29) is 54.6 Å². The van der Waals surface area contributed by atoms with E-state index in [0.29, 0.717) is 5.69 Å². The van der Waals surface area contributed by atoms with Crippen LogP contribution in [0.15, 0.2) is 42.2 Å². The van der Waals surface area contributed by atoms with Gasteiger partial charge in [-0.05, 0) is 18.2 Å². The van der Waals surface area contributed by atoms with Crippen LogP contribution in [0.1, 0.15) is 26.4 Å². The molecule has 2 aromatic carbocycles. The maximum absolute atomic E-state index is 13.1. The number of rotatable bonds is 2. The molecule has 3 N–H and O–H groups in total. The summed E-state index contributed by atoms with van der Waals surface area (Å²) in [6.45, 7) is 0.663. The van der Waals surface area contributed by atoms with Crippen LogP contribution in [-0.2, 0) is 0 Å². The van der Waals surface area contributed by atoms with Crippen molar-refractivity contribution < 1.29 is 29.3 Å². The Hall–Kier alpha value is -4.34. The van der Waals surface area contributed by atoms with Crippen molar-refractivity contribution in [3.63, 3.8) is 0 Å². The van der Waals surface area contributed by atoms with Crippen LogP contribution in [0.5, 0.6) is 11.5 Å². The highest BCUT2D eigenvalue weighted by Gasteiger charge is 2.36. The number of ketones is 1. The number of nitrogens with one attached hydrogen (secondary N) is 1. The number of carbonyl (C=O) groups excluding carboxylic acids is 2. The maximum atomic E-state index is 13.1. The summed E-state index contributed by atoms with van der Waals surface area (Å²) in [6.07, 6.45) is 0.452. The summed E-state index contributed by atoms with van der Waals surface area (Å²) >= 11 is 0. The molecule has 0 saturated carbocycles. The van der Waals surface area contributed by atoms with Gasteiger partial charge in [-0.15, -0.1) is 0 Å². The van der Waals surface area contributed by atoms with Crippen molar-refractivity contribution in [2.24, 2.45) is 0 Å². The highest BCUT2D eigenvalue weighted by atomic mass is 16.5. The lowest BCUT2D eigenvalue weighted by Crippen LogP contribution is -2.50. The molecule has 0 spiro atoms. The van der Waals surface area contributed by atoms with Crippen LogP contribution in [0.25, 0.3) is 17.0 Å². The molecule has 162 valence electrons. The van der Waals surface area contributed by atoms with E-state index in [9.17, 15) is 19.5 Å². The minimum atomic E-state index is -1.05. The first-order valence-electron chi connectivity index (χ1n) is 9.94. The molecule has 1 saturated heterocycles. The van der Waals surface area contributed by atoms with Crippen LogP contribution in [-0.4, -0.2) is 74.2 Å². The average molecular weight is 434 g/mol. The predicted octanol–water partition coefficient (Wildman–Crippen LogP) is 2.32. The van der Waals surface area contributed by atoms with Crippen molar-refractivity contribution in [3.8, 4) is 11.5 Å². The van der Waals surface area contributed by atoms with Crippen molar-refractivity contribution >= 4 is 34.8 Å². The molecular weight excluding hydrogens is 416 g/mol. The number of aromatic nitrogens is 2. The minimum Gasteiger partial charge on any atom is -0.507 e. The molecule has 1 aromatic heterocycles. The summed E-state index contributed by atoms with van der Waals surface area (Å²) in [7, 11) is 0. The Balaban J connectivity index is 1.47. The fraction of sp³-hybridized carbons (Fsp3) is 0.182. The fourth-order valence-corrected chi connectivity index (χ4v) is 3.93. The van der Waals surface area contributed by atoms with Crippen LogP contribution in [0, 0.1) is 0 Å². The van der Waals surface area contributed by atoms with Gasteiger partial charge in [0.1, 0.15) is 11.3 Å². The summed E-state index contributed by atoms with van der Waals surface area (Å²) in [6, 6.07) is 10.1. The molecule has 0 radical (unpaired) electrons. The number of aromatic amines is 1. The van der Waals surface area contributed by atoms with Gasteiger partial charge in [-0.25, -0.2) is 4.79 Å². The largest absolute Gasteiger partial charge is 0.507 e. The van der Waals surface area contributed by atoms with Crippen LogP contribution < -0.4 is 4.74 Å². The summed E-state index contributed by atoms with van der Waals surface area (Å²) in [5.41, 5.74) is 1.37. The number of allylic oxidation sites excluding steroid dienone is 1. The third-order valence-corrected chi connectivity index (χ3v) is 5.64. The predicted molar refractivity (Wildman–Crippen MR) is 113 cm³/mol. The molecule has 5 rings (SSSR count). The van der Waals surface area contributed by atoms with Gasteiger partial charge in [0.2, 0.25) is 5.78 Å². The Morgan fingerprint density at radius 3 is 2.53 bits per heavy atom. The lowest BCUT2D eigenvalue weighted by Gasteiger charge is -2.33. The molecule has 0 atom stereocenters. The van der Waals surface area contributed by atoms with Crippen LogP contribution in [0.4, 0.5) is 4.79 Å². The summed E-state index contributed by atoms with van der Waals surface area (Å²) in [5.74, 6) is -1.27. The summed E-state index contributed by atoms with van der Waals surface area (Å²) < 4.78 is 5.77. The number of para-hydroxylation sites is 1. The topological polar surface area (TPSA) is 136 Å². The second-order valence-corrected chi connectivity index (χ2v) is 7.49. The van der Waals surface area contributed by atoms with E-state index in [0.717, 1.165) is 10.9 Å². The number of hydrogen-bond acceptors (Lipinski definition) is 6. The Morgan fingerprint density at radius 1 is 1.06 bits per heavy atom. The molecule has 10 nitrogen and oxygen atoms in total. The van der Waals surface area contributed by atoms with E-state index in [1.807, 2.05) is 24.3 Å². The lowest BCUT2D eigenvalue weighted by atomic mass is 10.0. The number of phenols is 1. The number of piperazine rings is 1. The van der Waals surface area contributed by atoms with Gasteiger partial charge in [-0.1, -0.05) is 18.2 Å². The Bertz CT molecular complexity index is 1300. The van der Waals surface area contributed by atoms with Crippen molar-refractivity contribution in [2.75, 3.05) is 26.2 Å². The molecule has 32 heavy (non-hydrogen) atoms. The van der Waals surface area contributed by atoms with Gasteiger partial charge in [0, 0.05) is 37.6 Å². The standard InChI is InChI=1S/C22H18N4O6/c27-16-6-5-13-19(28)17(11-15-12-3-1-2-4-14(12)23-24-15)32-20(13)18(16)21(29)25-7-9-26(10-8-25)22(30)31/h1-6,11,27H,7-10H2,(H,23,24)(H,30,31). The van der Waals surface area contributed by atoms with Crippen LogP contribution in [0.2, 0.25) is 0 Å². The number of amides is 2. The van der Waals surface area contributed by atoms with Crippen molar-refractivity contribution in [3.05, 3.63) is 59.0 Å².